The second-order valence-corrected chi connectivity index (χ2v) is 5.75. The maximum Gasteiger partial charge on any atom is 0.346 e. The van der Waals surface area contributed by atoms with Crippen molar-refractivity contribution < 1.29 is 14.3 Å². The fraction of sp³-hybridized carbons (Fsp3) is 0.471. The number of benzene rings is 1. The average Bonchev–Trinajstić information content (AvgIpc) is 2.77. The van der Waals surface area contributed by atoms with Crippen molar-refractivity contribution in [2.75, 3.05) is 6.61 Å². The minimum atomic E-state index is -0.870. The predicted octanol–water partition coefficient (Wildman–Crippen LogP) is 2.92. The summed E-state index contributed by atoms with van der Waals surface area (Å²) in [5.74, 6) is 0.463. The molecule has 1 aliphatic rings. The molecule has 0 saturated carbocycles. The molecule has 1 aromatic carbocycles. The van der Waals surface area contributed by atoms with Gasteiger partial charge < -0.3 is 10.1 Å². The molecule has 0 bridgehead atoms. The maximum atomic E-state index is 12.2. The molecule has 0 aliphatic carbocycles. The largest absolute Gasteiger partial charge is 0.494 e. The monoisotopic (exact) mass is 317 g/mol. The lowest BCUT2D eigenvalue weighted by Gasteiger charge is -2.17. The van der Waals surface area contributed by atoms with Crippen LogP contribution >= 0.6 is 0 Å². The minimum Gasteiger partial charge on any atom is -0.494 e. The fourth-order valence-corrected chi connectivity index (χ4v) is 2.12. The van der Waals surface area contributed by atoms with Crippen LogP contribution in [0.2, 0.25) is 0 Å². The van der Waals surface area contributed by atoms with Gasteiger partial charge in [-0.25, -0.2) is 4.79 Å². The van der Waals surface area contributed by atoms with E-state index >= 15 is 0 Å². The Morgan fingerprint density at radius 3 is 2.52 bits per heavy atom. The van der Waals surface area contributed by atoms with Crippen molar-refractivity contribution >= 4 is 18.2 Å². The lowest BCUT2D eigenvalue weighted by molar-refractivity contribution is -0.130. The maximum absolute atomic E-state index is 12.2. The second-order valence-electron chi connectivity index (χ2n) is 5.75. The molecule has 6 heteroatoms. The van der Waals surface area contributed by atoms with Crippen molar-refractivity contribution in [1.29, 1.82) is 0 Å². The topological polar surface area (TPSA) is 71.0 Å². The van der Waals surface area contributed by atoms with Crippen molar-refractivity contribution in [3.05, 3.63) is 29.8 Å². The highest BCUT2D eigenvalue weighted by Gasteiger charge is 2.46. The van der Waals surface area contributed by atoms with Gasteiger partial charge in [0, 0.05) is 0 Å². The van der Waals surface area contributed by atoms with Crippen LogP contribution in [0.4, 0.5) is 4.79 Å². The van der Waals surface area contributed by atoms with Gasteiger partial charge >= 0.3 is 6.03 Å². The lowest BCUT2D eigenvalue weighted by Crippen LogP contribution is -2.42. The molecular formula is C17H23N3O3. The first-order valence-corrected chi connectivity index (χ1v) is 7.93. The Bertz CT molecular complexity index is 598. The summed E-state index contributed by atoms with van der Waals surface area (Å²) in [6.45, 7) is 6.36. The van der Waals surface area contributed by atoms with Crippen LogP contribution in [0.15, 0.2) is 29.4 Å². The van der Waals surface area contributed by atoms with Crippen LogP contribution in [-0.2, 0) is 4.79 Å². The molecule has 0 aromatic heterocycles. The molecule has 0 spiro atoms. The Balaban J connectivity index is 2.00. The molecule has 6 nitrogen and oxygen atoms in total. The first kappa shape index (κ1) is 17.0. The van der Waals surface area contributed by atoms with E-state index in [2.05, 4.69) is 17.3 Å². The van der Waals surface area contributed by atoms with Gasteiger partial charge in [0.2, 0.25) is 0 Å². The van der Waals surface area contributed by atoms with Gasteiger partial charge in [-0.3, -0.25) is 4.79 Å². The van der Waals surface area contributed by atoms with Crippen LogP contribution in [0.5, 0.6) is 5.75 Å². The zero-order valence-electron chi connectivity index (χ0n) is 13.8. The van der Waals surface area contributed by atoms with Crippen LogP contribution < -0.4 is 10.1 Å². The van der Waals surface area contributed by atoms with Crippen molar-refractivity contribution in [3.63, 3.8) is 0 Å². The number of hydrazone groups is 1. The summed E-state index contributed by atoms with van der Waals surface area (Å²) in [4.78, 5) is 24.0. The van der Waals surface area contributed by atoms with E-state index in [0.717, 1.165) is 29.2 Å². The van der Waals surface area contributed by atoms with Gasteiger partial charge in [-0.1, -0.05) is 20.3 Å². The number of unbranched alkanes of at least 4 members (excludes halogenated alkanes) is 1. The molecule has 1 N–H and O–H groups in total. The van der Waals surface area contributed by atoms with Gasteiger partial charge in [-0.05, 0) is 49.6 Å². The third-order valence-corrected chi connectivity index (χ3v) is 3.92. The van der Waals surface area contributed by atoms with Gasteiger partial charge in [-0.15, -0.1) is 5.01 Å². The van der Waals surface area contributed by atoms with Crippen molar-refractivity contribution in [2.24, 2.45) is 5.10 Å². The smallest absolute Gasteiger partial charge is 0.346 e. The van der Waals surface area contributed by atoms with E-state index in [0.29, 0.717) is 13.0 Å². The number of nitrogens with one attached hydrogen (secondary N) is 1. The lowest BCUT2D eigenvalue weighted by atomic mass is 10.00. The Morgan fingerprint density at radius 2 is 1.96 bits per heavy atom. The van der Waals surface area contributed by atoms with E-state index in [1.165, 1.54) is 6.21 Å². The SMILES string of the molecule is CCCCOc1ccc(C=NN2C(=O)NC(C)(CC)C2=O)cc1. The standard InChI is InChI=1S/C17H23N3O3/c1-4-6-11-23-14-9-7-13(8-10-14)12-18-20-15(21)17(3,5-2)19-16(20)22/h7-10,12H,4-6,11H2,1-3H3,(H,19,22). The summed E-state index contributed by atoms with van der Waals surface area (Å²) in [5, 5.41) is 7.55. The van der Waals surface area contributed by atoms with E-state index < -0.39 is 11.6 Å². The van der Waals surface area contributed by atoms with E-state index in [9.17, 15) is 9.59 Å². The number of hydrogen-bond acceptors (Lipinski definition) is 4. The molecule has 1 atom stereocenters. The van der Waals surface area contributed by atoms with Crippen LogP contribution in [0.25, 0.3) is 0 Å². The Hall–Kier alpha value is -2.37. The average molecular weight is 317 g/mol. The molecule has 23 heavy (non-hydrogen) atoms. The molecule has 1 saturated heterocycles. The number of ether oxygens (including phenoxy) is 1. The summed E-state index contributed by atoms with van der Waals surface area (Å²) >= 11 is 0. The molecule has 0 radical (unpaired) electrons. The zero-order valence-corrected chi connectivity index (χ0v) is 13.8. The number of carbonyl (C=O) groups is 2. The van der Waals surface area contributed by atoms with E-state index in [1.807, 2.05) is 31.2 Å². The van der Waals surface area contributed by atoms with Crippen LogP contribution in [0.1, 0.15) is 45.6 Å². The highest BCUT2D eigenvalue weighted by molar-refractivity contribution is 6.07. The summed E-state index contributed by atoms with van der Waals surface area (Å²) in [6.07, 6.45) is 4.13. The van der Waals surface area contributed by atoms with Crippen LogP contribution in [-0.4, -0.2) is 35.3 Å². The molecule has 3 amide bonds. The van der Waals surface area contributed by atoms with Gasteiger partial charge in [0.1, 0.15) is 11.3 Å². The second kappa shape index (κ2) is 7.26. The van der Waals surface area contributed by atoms with Crippen LogP contribution in [0.3, 0.4) is 0 Å². The first-order valence-electron chi connectivity index (χ1n) is 7.93. The summed E-state index contributed by atoms with van der Waals surface area (Å²) in [5.41, 5.74) is -0.0793. The number of carbonyl (C=O) groups excluding carboxylic acids is 2. The van der Waals surface area contributed by atoms with E-state index in [1.54, 1.807) is 6.92 Å². The molecule has 1 heterocycles. The Morgan fingerprint density at radius 1 is 1.26 bits per heavy atom. The molecule has 2 rings (SSSR count). The molecule has 1 unspecified atom stereocenters. The molecule has 1 fully saturated rings. The Kier molecular flexibility index (Phi) is 5.36. The number of imide groups is 1. The van der Waals surface area contributed by atoms with Crippen molar-refractivity contribution in [3.8, 4) is 5.75 Å². The third-order valence-electron chi connectivity index (χ3n) is 3.92. The van der Waals surface area contributed by atoms with Crippen molar-refractivity contribution in [1.82, 2.24) is 10.3 Å². The van der Waals surface area contributed by atoms with E-state index in [4.69, 9.17) is 4.74 Å². The number of amides is 3. The zero-order chi connectivity index (χ0) is 16.9. The first-order chi connectivity index (χ1) is 11.0. The molecular weight excluding hydrogens is 294 g/mol. The van der Waals surface area contributed by atoms with E-state index in [-0.39, 0.29) is 5.91 Å². The van der Waals surface area contributed by atoms with Gasteiger partial charge in [-0.2, -0.15) is 5.10 Å². The summed E-state index contributed by atoms with van der Waals surface area (Å²) < 4.78 is 5.58. The van der Waals surface area contributed by atoms with Gasteiger partial charge in [0.25, 0.3) is 5.91 Å². The summed E-state index contributed by atoms with van der Waals surface area (Å²) in [6, 6.07) is 6.87. The number of urea groups is 1. The molecule has 1 aromatic rings. The summed E-state index contributed by atoms with van der Waals surface area (Å²) in [7, 11) is 0. The highest BCUT2D eigenvalue weighted by Crippen LogP contribution is 2.21. The predicted molar refractivity (Wildman–Crippen MR) is 88.5 cm³/mol. The minimum absolute atomic E-state index is 0.333. The normalized spacial score (nSPS) is 21.1. The molecule has 1 aliphatic heterocycles. The van der Waals surface area contributed by atoms with Gasteiger partial charge in [0.05, 0.1) is 12.8 Å². The quantitative estimate of drug-likeness (QED) is 0.477. The van der Waals surface area contributed by atoms with Crippen LogP contribution in [0, 0.1) is 0 Å². The number of hydrogen-bond donors (Lipinski definition) is 1. The third kappa shape index (κ3) is 3.88. The molecule has 124 valence electrons. The number of nitrogens with zero attached hydrogens (tertiary/aromatic N) is 2. The highest BCUT2D eigenvalue weighted by atomic mass is 16.5. The fourth-order valence-electron chi connectivity index (χ4n) is 2.12. The van der Waals surface area contributed by atoms with Gasteiger partial charge in [0.15, 0.2) is 0 Å². The number of rotatable bonds is 7. The Labute approximate surface area is 136 Å². The van der Waals surface area contributed by atoms with Crippen molar-refractivity contribution in [2.45, 2.75) is 45.6 Å².